The van der Waals surface area contributed by atoms with Crippen molar-refractivity contribution in [2.24, 2.45) is 0 Å². The van der Waals surface area contributed by atoms with Crippen LogP contribution < -0.4 is 10.5 Å². The van der Waals surface area contributed by atoms with E-state index in [1.54, 1.807) is 6.33 Å². The highest BCUT2D eigenvalue weighted by Crippen LogP contribution is 2.43. The van der Waals surface area contributed by atoms with Crippen LogP contribution in [0.4, 0.5) is 5.95 Å². The Bertz CT molecular complexity index is 1610. The number of nitrogens with zero attached hydrogens (tertiary/aromatic N) is 4. The molecule has 0 amide bonds. The fourth-order valence-corrected chi connectivity index (χ4v) is 7.23. The molecule has 9 nitrogen and oxygen atoms in total. The number of ether oxygens (including phenoxy) is 2. The molecule has 1 aliphatic heterocycles. The van der Waals surface area contributed by atoms with E-state index in [4.69, 9.17) is 29.0 Å². The highest BCUT2D eigenvalue weighted by atomic mass is 28.4. The fourth-order valence-electron chi connectivity index (χ4n) is 4.86. The van der Waals surface area contributed by atoms with Gasteiger partial charge in [-0.2, -0.15) is 4.98 Å². The largest absolute Gasteiger partial charge is 0.457 e. The Labute approximate surface area is 269 Å². The highest BCUT2D eigenvalue weighted by molar-refractivity contribution is 6.74. The van der Waals surface area contributed by atoms with Crippen LogP contribution in [-0.2, 0) is 13.6 Å². The van der Waals surface area contributed by atoms with Gasteiger partial charge in [0.05, 0.1) is 19.0 Å². The lowest BCUT2D eigenvalue weighted by molar-refractivity contribution is -0.0383. The zero-order valence-electron chi connectivity index (χ0n) is 28.4. The molecule has 0 spiro atoms. The maximum absolute atomic E-state index is 6.98. The van der Waals surface area contributed by atoms with E-state index >= 15 is 0 Å². The average Bonchev–Trinajstić information content (AvgIpc) is 3.54. The molecular weight excluding hydrogens is 599 g/mol. The number of para-hydroxylation sites is 1. The van der Waals surface area contributed by atoms with Crippen LogP contribution in [0.5, 0.6) is 11.5 Å². The third-order valence-corrected chi connectivity index (χ3v) is 18.7. The molecule has 0 radical (unpaired) electrons. The van der Waals surface area contributed by atoms with Gasteiger partial charge >= 0.3 is 0 Å². The number of hydrogen-bond acceptors (Lipinski definition) is 8. The number of nitrogen functional groups attached to an aromatic ring is 1. The summed E-state index contributed by atoms with van der Waals surface area (Å²) < 4.78 is 28.4. The molecule has 0 aliphatic carbocycles. The molecule has 1 aliphatic rings. The summed E-state index contributed by atoms with van der Waals surface area (Å²) in [5.41, 5.74) is 9.10. The maximum Gasteiger partial charge on any atom is 0.222 e. The summed E-state index contributed by atoms with van der Waals surface area (Å²) in [6.45, 7) is 23.2. The Hall–Kier alpha value is -3.10. The molecule has 1 saturated heterocycles. The molecule has 2 aromatic heterocycles. The van der Waals surface area contributed by atoms with Crippen LogP contribution in [0.1, 0.15) is 54.2 Å². The molecule has 5 rings (SSSR count). The predicted molar refractivity (Wildman–Crippen MR) is 185 cm³/mol. The number of benzene rings is 2. The Balaban J connectivity index is 1.43. The van der Waals surface area contributed by atoms with Gasteiger partial charge in [0.15, 0.2) is 22.3 Å². The van der Waals surface area contributed by atoms with E-state index in [0.717, 1.165) is 17.1 Å². The Morgan fingerprint density at radius 1 is 0.867 bits per heavy atom. The first-order valence-corrected chi connectivity index (χ1v) is 21.6. The summed E-state index contributed by atoms with van der Waals surface area (Å²) in [5, 5.41) is 0.161. The predicted octanol–water partition coefficient (Wildman–Crippen LogP) is 8.57. The first-order chi connectivity index (χ1) is 20.9. The molecule has 3 atom stereocenters. The molecular formula is C34H49N5O4Si2. The fraction of sp³-hybridized carbons (Fsp3) is 0.500. The van der Waals surface area contributed by atoms with Crippen LogP contribution in [0.2, 0.25) is 36.3 Å². The van der Waals surface area contributed by atoms with Gasteiger partial charge in [-0.15, -0.1) is 0 Å². The van der Waals surface area contributed by atoms with E-state index in [1.165, 1.54) is 0 Å². The second-order valence-electron chi connectivity index (χ2n) is 15.0. The SMILES string of the molecule is CC(C)(C)[Si](C)(C)OCC1OC(n2cnc3c(-c4ccc(Oc5ccccc5)cc4)nc(N)nc32)CC1O[Si](C)(C)C(C)(C)C. The topological polar surface area (TPSA) is 107 Å². The van der Waals surface area contributed by atoms with Crippen LogP contribution in [0.25, 0.3) is 22.4 Å². The lowest BCUT2D eigenvalue weighted by Crippen LogP contribution is -2.48. The van der Waals surface area contributed by atoms with E-state index < -0.39 is 16.6 Å². The van der Waals surface area contributed by atoms with E-state index in [-0.39, 0.29) is 34.5 Å². The monoisotopic (exact) mass is 647 g/mol. The molecule has 2 N–H and O–H groups in total. The first kappa shape index (κ1) is 33.3. The van der Waals surface area contributed by atoms with Crippen LogP contribution in [0.15, 0.2) is 60.9 Å². The smallest absolute Gasteiger partial charge is 0.222 e. The Morgan fingerprint density at radius 2 is 1.49 bits per heavy atom. The Morgan fingerprint density at radius 3 is 2.11 bits per heavy atom. The second kappa shape index (κ2) is 12.3. The number of imidazole rings is 1. The van der Waals surface area contributed by atoms with Crippen molar-refractivity contribution in [3.05, 3.63) is 60.9 Å². The molecule has 3 heterocycles. The molecule has 11 heteroatoms. The summed E-state index contributed by atoms with van der Waals surface area (Å²) in [6.07, 6.45) is 1.77. The third kappa shape index (κ3) is 7.17. The molecule has 0 bridgehead atoms. The molecule has 4 aromatic rings. The Kier molecular flexibility index (Phi) is 9.06. The van der Waals surface area contributed by atoms with Gasteiger partial charge in [-0.1, -0.05) is 59.7 Å². The van der Waals surface area contributed by atoms with Crippen molar-refractivity contribution >= 4 is 33.7 Å². The summed E-state index contributed by atoms with van der Waals surface area (Å²) in [5.74, 6) is 1.68. The van der Waals surface area contributed by atoms with Gasteiger partial charge in [0.25, 0.3) is 0 Å². The summed E-state index contributed by atoms with van der Waals surface area (Å²) in [7, 11) is -4.09. The zero-order valence-corrected chi connectivity index (χ0v) is 30.4. The van der Waals surface area contributed by atoms with Crippen molar-refractivity contribution in [2.45, 2.75) is 103 Å². The first-order valence-electron chi connectivity index (χ1n) is 15.8. The number of anilines is 1. The van der Waals surface area contributed by atoms with E-state index in [1.807, 2.05) is 59.2 Å². The van der Waals surface area contributed by atoms with Crippen molar-refractivity contribution in [3.63, 3.8) is 0 Å². The van der Waals surface area contributed by atoms with Gasteiger partial charge in [0.2, 0.25) is 5.95 Å². The van der Waals surface area contributed by atoms with Crippen molar-refractivity contribution in [1.82, 2.24) is 19.5 Å². The summed E-state index contributed by atoms with van der Waals surface area (Å²) >= 11 is 0. The van der Waals surface area contributed by atoms with Crippen LogP contribution in [-0.4, -0.2) is 55.0 Å². The summed E-state index contributed by atoms with van der Waals surface area (Å²) in [4.78, 5) is 14.0. The minimum absolute atomic E-state index is 0.0654. The van der Waals surface area contributed by atoms with Crippen LogP contribution in [0, 0.1) is 0 Å². The number of fused-ring (bicyclic) bond motifs is 1. The minimum atomic E-state index is -2.09. The zero-order chi connectivity index (χ0) is 32.8. The van der Waals surface area contributed by atoms with Gasteiger partial charge < -0.3 is 24.1 Å². The summed E-state index contributed by atoms with van der Waals surface area (Å²) in [6, 6.07) is 17.4. The lowest BCUT2D eigenvalue weighted by Gasteiger charge is -2.40. The van der Waals surface area contributed by atoms with Crippen LogP contribution >= 0.6 is 0 Å². The van der Waals surface area contributed by atoms with Crippen molar-refractivity contribution in [1.29, 1.82) is 0 Å². The number of hydrogen-bond donors (Lipinski definition) is 1. The van der Waals surface area contributed by atoms with E-state index in [9.17, 15) is 0 Å². The molecule has 0 saturated carbocycles. The van der Waals surface area contributed by atoms with Gasteiger partial charge in [-0.3, -0.25) is 4.57 Å². The molecule has 45 heavy (non-hydrogen) atoms. The van der Waals surface area contributed by atoms with Gasteiger partial charge in [0.1, 0.15) is 35.0 Å². The van der Waals surface area contributed by atoms with Gasteiger partial charge in [0, 0.05) is 12.0 Å². The molecule has 2 aromatic carbocycles. The average molecular weight is 648 g/mol. The van der Waals surface area contributed by atoms with E-state index in [0.29, 0.717) is 29.9 Å². The minimum Gasteiger partial charge on any atom is -0.457 e. The number of rotatable bonds is 9. The van der Waals surface area contributed by atoms with Crippen molar-refractivity contribution in [3.8, 4) is 22.8 Å². The molecule has 3 unspecified atom stereocenters. The van der Waals surface area contributed by atoms with Crippen molar-refractivity contribution < 1.29 is 18.3 Å². The number of aromatic nitrogens is 4. The quantitative estimate of drug-likeness (QED) is 0.180. The number of nitrogens with two attached hydrogens (primary N) is 1. The van der Waals surface area contributed by atoms with Gasteiger partial charge in [-0.25, -0.2) is 9.97 Å². The molecule has 1 fully saturated rings. The third-order valence-electron chi connectivity index (χ3n) is 9.70. The molecule has 242 valence electrons. The van der Waals surface area contributed by atoms with Crippen LogP contribution in [0.3, 0.4) is 0 Å². The normalized spacial score (nSPS) is 19.7. The second-order valence-corrected chi connectivity index (χ2v) is 24.6. The van der Waals surface area contributed by atoms with Crippen molar-refractivity contribution in [2.75, 3.05) is 12.3 Å². The van der Waals surface area contributed by atoms with Gasteiger partial charge in [-0.05, 0) is 72.7 Å². The maximum atomic E-state index is 6.98. The highest BCUT2D eigenvalue weighted by Gasteiger charge is 2.47. The lowest BCUT2D eigenvalue weighted by atomic mass is 10.1. The standard InChI is InChI=1S/C34H49N5O4Si2/c1-33(2,3)44(7,8)40-21-27-26(43-45(9,10)34(4,5)6)20-28(42-27)39-22-36-30-29(37-32(35)38-31(30)39)23-16-18-25(19-17-23)41-24-14-12-11-13-15-24/h11-19,22,26-28H,20-21H2,1-10H3,(H2,35,37,38). The van der Waals surface area contributed by atoms with E-state index in [2.05, 4.69) is 77.7 Å².